The summed E-state index contributed by atoms with van der Waals surface area (Å²) in [4.78, 5) is 14.5. The van der Waals surface area contributed by atoms with Crippen LogP contribution in [0, 0.1) is 0 Å². The molecule has 1 aromatic carbocycles. The van der Waals surface area contributed by atoms with E-state index in [9.17, 15) is 4.79 Å². The molecule has 1 aliphatic heterocycles. The fourth-order valence-electron chi connectivity index (χ4n) is 2.64. The monoisotopic (exact) mass is 298 g/mol. The first-order valence-electron chi connectivity index (χ1n) is 6.81. The van der Waals surface area contributed by atoms with Gasteiger partial charge in [0.15, 0.2) is 0 Å². The van der Waals surface area contributed by atoms with Crippen LogP contribution in [0.25, 0.3) is 0 Å². The second kappa shape index (κ2) is 7.62. The minimum atomic E-state index is -0.251. The average molecular weight is 299 g/mol. The zero-order valence-electron chi connectivity index (χ0n) is 12.0. The molecule has 2 N–H and O–H groups in total. The van der Waals surface area contributed by atoms with Gasteiger partial charge in [0, 0.05) is 19.6 Å². The molecule has 1 fully saturated rings. The average Bonchev–Trinajstić information content (AvgIpc) is 2.39. The first-order chi connectivity index (χ1) is 9.11. The number of nitrogens with two attached hydrogens (primary N) is 1. The van der Waals surface area contributed by atoms with Crippen LogP contribution in [0.4, 0.5) is 0 Å². The number of rotatable bonds is 3. The lowest BCUT2D eigenvalue weighted by molar-refractivity contribution is -0.144. The van der Waals surface area contributed by atoms with Gasteiger partial charge in [-0.2, -0.15) is 0 Å². The molecule has 2 rings (SSSR count). The summed E-state index contributed by atoms with van der Waals surface area (Å²) in [5.74, 6) is -0.144. The van der Waals surface area contributed by atoms with Gasteiger partial charge in [-0.3, -0.25) is 4.79 Å². The number of benzene rings is 1. The van der Waals surface area contributed by atoms with E-state index >= 15 is 0 Å². The Morgan fingerprint density at radius 1 is 1.30 bits per heavy atom. The number of carbonyl (C=O) groups excluding carboxylic acids is 1. The molecular formula is C15H23ClN2O2. The van der Waals surface area contributed by atoms with Crippen molar-refractivity contribution in [3.05, 3.63) is 35.9 Å². The lowest BCUT2D eigenvalue weighted by Gasteiger charge is -2.37. The van der Waals surface area contributed by atoms with Gasteiger partial charge in [0.2, 0.25) is 5.91 Å². The summed E-state index contributed by atoms with van der Waals surface area (Å²) < 4.78 is 5.66. The van der Waals surface area contributed by atoms with Crippen LogP contribution >= 0.6 is 12.4 Å². The summed E-state index contributed by atoms with van der Waals surface area (Å²) in [6.45, 7) is 5.62. The maximum atomic E-state index is 12.6. The van der Waals surface area contributed by atoms with Crippen LogP contribution in [0.15, 0.2) is 30.3 Å². The summed E-state index contributed by atoms with van der Waals surface area (Å²) >= 11 is 0. The van der Waals surface area contributed by atoms with Gasteiger partial charge in [0.1, 0.15) is 0 Å². The summed E-state index contributed by atoms with van der Waals surface area (Å²) in [6.07, 6.45) is 0.170. The summed E-state index contributed by atoms with van der Waals surface area (Å²) in [5.41, 5.74) is 6.79. The lowest BCUT2D eigenvalue weighted by Crippen LogP contribution is -2.50. The molecule has 3 atom stereocenters. The first-order valence-corrected chi connectivity index (χ1v) is 6.81. The minimum absolute atomic E-state index is 0. The van der Waals surface area contributed by atoms with Gasteiger partial charge in [-0.1, -0.05) is 30.3 Å². The van der Waals surface area contributed by atoms with Gasteiger partial charge >= 0.3 is 0 Å². The van der Waals surface area contributed by atoms with Crippen molar-refractivity contribution in [1.29, 1.82) is 0 Å². The number of hydrogen-bond donors (Lipinski definition) is 1. The molecule has 20 heavy (non-hydrogen) atoms. The third kappa shape index (κ3) is 3.95. The second-order valence-corrected chi connectivity index (χ2v) is 5.20. The van der Waals surface area contributed by atoms with Crippen molar-refractivity contribution in [2.45, 2.75) is 32.0 Å². The Bertz CT molecular complexity index is 417. The standard InChI is InChI=1S/C15H22N2O2.ClH/c1-11-9-17(10-12(2)19-11)15(18)14(8-16)13-6-4-3-5-7-13;/h3-7,11-12,14H,8-10,16H2,1-2H3;1H/t11-,12+,14?;. The minimum Gasteiger partial charge on any atom is -0.372 e. The number of carbonyl (C=O) groups is 1. The van der Waals surface area contributed by atoms with Crippen LogP contribution in [-0.4, -0.2) is 42.6 Å². The molecule has 0 spiro atoms. The van der Waals surface area contributed by atoms with Crippen molar-refractivity contribution in [1.82, 2.24) is 4.90 Å². The van der Waals surface area contributed by atoms with Crippen molar-refractivity contribution in [3.8, 4) is 0 Å². The van der Waals surface area contributed by atoms with Crippen molar-refractivity contribution in [2.75, 3.05) is 19.6 Å². The fourth-order valence-corrected chi connectivity index (χ4v) is 2.64. The molecule has 112 valence electrons. The zero-order chi connectivity index (χ0) is 13.8. The van der Waals surface area contributed by atoms with E-state index in [-0.39, 0.29) is 36.4 Å². The summed E-state index contributed by atoms with van der Waals surface area (Å²) in [6, 6.07) is 9.75. The third-order valence-corrected chi connectivity index (χ3v) is 3.47. The largest absolute Gasteiger partial charge is 0.372 e. The number of amides is 1. The highest BCUT2D eigenvalue weighted by molar-refractivity contribution is 5.85. The Hall–Kier alpha value is -1.10. The second-order valence-electron chi connectivity index (χ2n) is 5.20. The van der Waals surface area contributed by atoms with Gasteiger partial charge in [0.05, 0.1) is 18.1 Å². The molecule has 0 saturated carbocycles. The molecular weight excluding hydrogens is 276 g/mol. The van der Waals surface area contributed by atoms with E-state index in [1.54, 1.807) is 0 Å². The highest BCUT2D eigenvalue weighted by atomic mass is 35.5. The molecule has 1 unspecified atom stereocenters. The predicted octanol–water partition coefficient (Wildman–Crippen LogP) is 1.79. The van der Waals surface area contributed by atoms with Crippen LogP contribution in [0.5, 0.6) is 0 Å². The smallest absolute Gasteiger partial charge is 0.231 e. The molecule has 0 radical (unpaired) electrons. The number of ether oxygens (including phenoxy) is 1. The number of morpholine rings is 1. The van der Waals surface area contributed by atoms with E-state index in [0.717, 1.165) is 5.56 Å². The number of halogens is 1. The SMILES string of the molecule is C[C@@H]1CN(C(=O)C(CN)c2ccccc2)C[C@H](C)O1.Cl. The molecule has 0 bridgehead atoms. The van der Waals surface area contributed by atoms with E-state index in [4.69, 9.17) is 10.5 Å². The molecule has 1 aliphatic rings. The molecule has 1 aromatic rings. The molecule has 1 heterocycles. The number of hydrogen-bond acceptors (Lipinski definition) is 3. The van der Waals surface area contributed by atoms with Crippen molar-refractivity contribution in [2.24, 2.45) is 5.73 Å². The molecule has 0 aliphatic carbocycles. The van der Waals surface area contributed by atoms with Crippen LogP contribution < -0.4 is 5.73 Å². The zero-order valence-corrected chi connectivity index (χ0v) is 12.8. The topological polar surface area (TPSA) is 55.6 Å². The maximum Gasteiger partial charge on any atom is 0.231 e. The quantitative estimate of drug-likeness (QED) is 0.925. The Morgan fingerprint density at radius 2 is 1.85 bits per heavy atom. The Balaban J connectivity index is 0.00000200. The van der Waals surface area contributed by atoms with Gasteiger partial charge in [-0.05, 0) is 19.4 Å². The van der Waals surface area contributed by atoms with Crippen LogP contribution in [0.2, 0.25) is 0 Å². The van der Waals surface area contributed by atoms with E-state index in [1.165, 1.54) is 0 Å². The van der Waals surface area contributed by atoms with Crippen molar-refractivity contribution < 1.29 is 9.53 Å². The fraction of sp³-hybridized carbons (Fsp3) is 0.533. The predicted molar refractivity (Wildman–Crippen MR) is 82.1 cm³/mol. The lowest BCUT2D eigenvalue weighted by atomic mass is 9.97. The van der Waals surface area contributed by atoms with Crippen molar-refractivity contribution in [3.63, 3.8) is 0 Å². The molecule has 1 saturated heterocycles. The van der Waals surface area contributed by atoms with E-state index in [2.05, 4.69) is 0 Å². The highest BCUT2D eigenvalue weighted by Gasteiger charge is 2.30. The van der Waals surface area contributed by atoms with E-state index < -0.39 is 0 Å². The maximum absolute atomic E-state index is 12.6. The highest BCUT2D eigenvalue weighted by Crippen LogP contribution is 2.20. The van der Waals surface area contributed by atoms with E-state index in [1.807, 2.05) is 49.1 Å². The Labute approximate surface area is 126 Å². The van der Waals surface area contributed by atoms with Crippen LogP contribution in [0.1, 0.15) is 25.3 Å². The molecule has 5 heteroatoms. The third-order valence-electron chi connectivity index (χ3n) is 3.47. The molecule has 1 amide bonds. The van der Waals surface area contributed by atoms with Gasteiger partial charge in [0.25, 0.3) is 0 Å². The van der Waals surface area contributed by atoms with Gasteiger partial charge in [-0.15, -0.1) is 12.4 Å². The normalized spacial score (nSPS) is 23.9. The molecule has 4 nitrogen and oxygen atoms in total. The summed E-state index contributed by atoms with van der Waals surface area (Å²) in [7, 11) is 0. The number of nitrogens with zero attached hydrogens (tertiary/aromatic N) is 1. The van der Waals surface area contributed by atoms with Crippen LogP contribution in [-0.2, 0) is 9.53 Å². The summed E-state index contributed by atoms with van der Waals surface area (Å²) in [5, 5.41) is 0. The van der Waals surface area contributed by atoms with Gasteiger partial charge < -0.3 is 15.4 Å². The Morgan fingerprint density at radius 3 is 2.35 bits per heavy atom. The first kappa shape index (κ1) is 17.0. The van der Waals surface area contributed by atoms with E-state index in [0.29, 0.717) is 19.6 Å². The van der Waals surface area contributed by atoms with Crippen LogP contribution in [0.3, 0.4) is 0 Å². The van der Waals surface area contributed by atoms with Gasteiger partial charge in [-0.25, -0.2) is 0 Å². The Kier molecular flexibility index (Phi) is 6.46. The van der Waals surface area contributed by atoms with Crippen molar-refractivity contribution >= 4 is 18.3 Å². The molecule has 0 aromatic heterocycles.